The molecule has 9 atom stereocenters. The van der Waals surface area contributed by atoms with Crippen LogP contribution in [0.25, 0.3) is 0 Å². The normalized spacial score (nSPS) is 37.3. The first kappa shape index (κ1) is 31.2. The Labute approximate surface area is 242 Å². The van der Waals surface area contributed by atoms with Crippen LogP contribution in [0.2, 0.25) is 0 Å². The summed E-state index contributed by atoms with van der Waals surface area (Å²) >= 11 is 0. The topological polar surface area (TPSA) is 26.3 Å². The third kappa shape index (κ3) is 6.99. The van der Waals surface area contributed by atoms with E-state index >= 15 is 0 Å². The number of hydrogen-bond donors (Lipinski definition) is 0. The monoisotopic (exact) mass is 540 g/mol. The van der Waals surface area contributed by atoms with Crippen molar-refractivity contribution in [2.45, 2.75) is 170 Å². The van der Waals surface area contributed by atoms with Gasteiger partial charge in [-0.15, -0.1) is 0 Å². The fourth-order valence-corrected chi connectivity index (χ4v) is 10.2. The van der Waals surface area contributed by atoms with Crippen LogP contribution in [0.15, 0.2) is 11.6 Å². The maximum absolute atomic E-state index is 12.6. The second-order valence-corrected chi connectivity index (χ2v) is 15.3. The lowest BCUT2D eigenvalue weighted by molar-refractivity contribution is -0.151. The fraction of sp³-hybridized carbons (Fsp3) is 0.919. The Bertz CT molecular complexity index is 814. The minimum absolute atomic E-state index is 0.0529. The van der Waals surface area contributed by atoms with Crippen molar-refractivity contribution in [3.05, 3.63) is 11.6 Å². The average Bonchev–Trinajstić information content (AvgIpc) is 3.28. The van der Waals surface area contributed by atoms with Crippen LogP contribution in [0.4, 0.5) is 0 Å². The Hall–Kier alpha value is -0.790. The van der Waals surface area contributed by atoms with Crippen molar-refractivity contribution in [2.24, 2.45) is 46.3 Å². The Morgan fingerprint density at radius 1 is 0.923 bits per heavy atom. The number of rotatable bonds is 14. The molecule has 3 fully saturated rings. The molecule has 224 valence electrons. The summed E-state index contributed by atoms with van der Waals surface area (Å²) in [5.41, 5.74) is 2.54. The van der Waals surface area contributed by atoms with Gasteiger partial charge in [-0.3, -0.25) is 4.79 Å². The summed E-state index contributed by atoms with van der Waals surface area (Å²) in [4.78, 5) is 12.6. The summed E-state index contributed by atoms with van der Waals surface area (Å²) in [7, 11) is 0. The summed E-state index contributed by atoms with van der Waals surface area (Å²) in [6.45, 7) is 14.9. The van der Waals surface area contributed by atoms with Crippen LogP contribution in [-0.2, 0) is 9.53 Å². The smallest absolute Gasteiger partial charge is 0.306 e. The number of carbonyl (C=O) groups excluding carboxylic acids is 1. The van der Waals surface area contributed by atoms with Gasteiger partial charge in [0.25, 0.3) is 0 Å². The highest BCUT2D eigenvalue weighted by molar-refractivity contribution is 5.69. The van der Waals surface area contributed by atoms with E-state index in [0.717, 1.165) is 54.8 Å². The van der Waals surface area contributed by atoms with Gasteiger partial charge in [0.2, 0.25) is 0 Å². The number of allylic oxidation sites excluding steroid dienone is 1. The Kier molecular flexibility index (Phi) is 11.1. The number of hydrogen-bond acceptors (Lipinski definition) is 2. The lowest BCUT2D eigenvalue weighted by atomic mass is 9.47. The van der Waals surface area contributed by atoms with Crippen molar-refractivity contribution in [1.82, 2.24) is 0 Å². The third-order valence-electron chi connectivity index (χ3n) is 12.9. The molecule has 0 aromatic heterocycles. The van der Waals surface area contributed by atoms with Crippen LogP contribution in [0, 0.1) is 46.3 Å². The highest BCUT2D eigenvalue weighted by Crippen LogP contribution is 2.67. The first-order chi connectivity index (χ1) is 18.7. The van der Waals surface area contributed by atoms with Crippen molar-refractivity contribution in [2.75, 3.05) is 0 Å². The predicted molar refractivity (Wildman–Crippen MR) is 166 cm³/mol. The van der Waals surface area contributed by atoms with Gasteiger partial charge in [0, 0.05) is 12.8 Å². The molecule has 0 amide bonds. The standard InChI is InChI=1S/C37H64O2/c1-7-9-10-11-12-13-17-35(38)39-30-22-24-36(5)29(26-30)18-19-31-33-21-20-32(37(33,6)25-23-34(31)36)28(4)16-14-15-27(3)8-2/h18,27-28,30-34H,7-17,19-26H2,1-6H3/t27?,28-,30+,31+,32-,33+,34+,36+,37-/m1/s1. The molecule has 0 heterocycles. The molecule has 2 heteroatoms. The van der Waals surface area contributed by atoms with E-state index in [1.54, 1.807) is 5.57 Å². The van der Waals surface area contributed by atoms with Crippen molar-refractivity contribution >= 4 is 5.97 Å². The van der Waals surface area contributed by atoms with Crippen molar-refractivity contribution < 1.29 is 9.53 Å². The number of fused-ring (bicyclic) bond motifs is 5. The molecular formula is C37H64O2. The second kappa shape index (κ2) is 13.9. The van der Waals surface area contributed by atoms with Gasteiger partial charge in [0.1, 0.15) is 6.10 Å². The van der Waals surface area contributed by atoms with Crippen molar-refractivity contribution in [3.63, 3.8) is 0 Å². The summed E-state index contributed by atoms with van der Waals surface area (Å²) in [6.07, 6.45) is 26.7. The molecule has 4 aliphatic rings. The molecule has 0 aliphatic heterocycles. The minimum Gasteiger partial charge on any atom is -0.462 e. The summed E-state index contributed by atoms with van der Waals surface area (Å²) < 4.78 is 6.05. The molecule has 2 nitrogen and oxygen atoms in total. The zero-order valence-corrected chi connectivity index (χ0v) is 26.9. The fourth-order valence-electron chi connectivity index (χ4n) is 10.2. The van der Waals surface area contributed by atoms with Crippen LogP contribution in [-0.4, -0.2) is 12.1 Å². The summed E-state index contributed by atoms with van der Waals surface area (Å²) in [5.74, 6) is 5.39. The zero-order valence-electron chi connectivity index (χ0n) is 26.9. The van der Waals surface area contributed by atoms with Crippen LogP contribution >= 0.6 is 0 Å². The number of ether oxygens (including phenoxy) is 1. The van der Waals surface area contributed by atoms with Gasteiger partial charge in [0.15, 0.2) is 0 Å². The Morgan fingerprint density at radius 2 is 1.69 bits per heavy atom. The number of carbonyl (C=O) groups is 1. The predicted octanol–water partition coefficient (Wildman–Crippen LogP) is 11.1. The van der Waals surface area contributed by atoms with Crippen LogP contribution < -0.4 is 0 Å². The Balaban J connectivity index is 1.30. The van der Waals surface area contributed by atoms with Gasteiger partial charge in [-0.05, 0) is 97.7 Å². The first-order valence-electron chi connectivity index (χ1n) is 17.6. The van der Waals surface area contributed by atoms with Gasteiger partial charge in [0.05, 0.1) is 0 Å². The number of esters is 1. The lowest BCUT2D eigenvalue weighted by Gasteiger charge is -2.58. The highest BCUT2D eigenvalue weighted by Gasteiger charge is 2.59. The van der Waals surface area contributed by atoms with Crippen LogP contribution in [0.3, 0.4) is 0 Å². The molecule has 4 rings (SSSR count). The van der Waals surface area contributed by atoms with Crippen LogP contribution in [0.5, 0.6) is 0 Å². The Morgan fingerprint density at radius 3 is 2.46 bits per heavy atom. The van der Waals surface area contributed by atoms with Gasteiger partial charge >= 0.3 is 5.97 Å². The lowest BCUT2D eigenvalue weighted by Crippen LogP contribution is -2.51. The van der Waals surface area contributed by atoms with E-state index in [1.807, 2.05) is 0 Å². The van der Waals surface area contributed by atoms with E-state index in [0.29, 0.717) is 17.3 Å². The molecule has 0 N–H and O–H groups in total. The second-order valence-electron chi connectivity index (χ2n) is 15.3. The SMILES string of the molecule is CCCCCCCCC(=O)O[C@H]1CC[C@@]2(C)C(=CC[C@H]3[C@@H]4CC[C@H]([C@H](C)CCCC(C)CC)[C@@]4(C)CC[C@@H]32)C1. The van der Waals surface area contributed by atoms with E-state index in [2.05, 4.69) is 47.6 Å². The first-order valence-corrected chi connectivity index (χ1v) is 17.6. The molecule has 0 bridgehead atoms. The molecule has 39 heavy (non-hydrogen) atoms. The average molecular weight is 541 g/mol. The van der Waals surface area contributed by atoms with E-state index in [-0.39, 0.29) is 12.1 Å². The van der Waals surface area contributed by atoms with Gasteiger partial charge in [-0.1, -0.05) is 111 Å². The number of unbranched alkanes of at least 4 members (excludes halogenated alkanes) is 5. The molecule has 0 spiro atoms. The van der Waals surface area contributed by atoms with Crippen LogP contribution in [0.1, 0.15) is 164 Å². The van der Waals surface area contributed by atoms with E-state index in [4.69, 9.17) is 4.74 Å². The van der Waals surface area contributed by atoms with Gasteiger partial charge < -0.3 is 4.74 Å². The quantitative estimate of drug-likeness (QED) is 0.124. The maximum atomic E-state index is 12.6. The largest absolute Gasteiger partial charge is 0.462 e. The van der Waals surface area contributed by atoms with Gasteiger partial charge in [-0.2, -0.15) is 0 Å². The molecule has 0 aromatic carbocycles. The molecule has 1 unspecified atom stereocenters. The summed E-state index contributed by atoms with van der Waals surface area (Å²) in [5, 5.41) is 0. The third-order valence-corrected chi connectivity index (χ3v) is 12.9. The highest BCUT2D eigenvalue weighted by atomic mass is 16.5. The minimum atomic E-state index is 0.0529. The maximum Gasteiger partial charge on any atom is 0.306 e. The van der Waals surface area contributed by atoms with Gasteiger partial charge in [-0.25, -0.2) is 0 Å². The molecule has 0 saturated heterocycles. The molecule has 0 radical (unpaired) electrons. The van der Waals surface area contributed by atoms with E-state index in [9.17, 15) is 4.79 Å². The zero-order chi connectivity index (χ0) is 28.0. The summed E-state index contributed by atoms with van der Waals surface area (Å²) in [6, 6.07) is 0. The molecule has 0 aromatic rings. The van der Waals surface area contributed by atoms with Crippen molar-refractivity contribution in [1.29, 1.82) is 0 Å². The molecular weight excluding hydrogens is 476 g/mol. The molecule has 4 aliphatic carbocycles. The van der Waals surface area contributed by atoms with E-state index < -0.39 is 0 Å². The van der Waals surface area contributed by atoms with E-state index in [1.165, 1.54) is 96.3 Å². The van der Waals surface area contributed by atoms with Crippen molar-refractivity contribution in [3.8, 4) is 0 Å². The molecule has 3 saturated carbocycles.